The van der Waals surface area contributed by atoms with E-state index >= 15 is 0 Å². The highest BCUT2D eigenvalue weighted by Gasteiger charge is 2.23. The predicted octanol–water partition coefficient (Wildman–Crippen LogP) is 1.66. The number of amides is 1. The van der Waals surface area contributed by atoms with Crippen molar-refractivity contribution in [3.63, 3.8) is 0 Å². The summed E-state index contributed by atoms with van der Waals surface area (Å²) in [5.74, 6) is -1.84. The molecule has 18 heavy (non-hydrogen) atoms. The third kappa shape index (κ3) is 2.01. The average Bonchev–Trinajstić information content (AvgIpc) is 2.73. The molecule has 0 bridgehead atoms. The van der Waals surface area contributed by atoms with Gasteiger partial charge in [-0.1, -0.05) is 12.1 Å². The van der Waals surface area contributed by atoms with Gasteiger partial charge in [-0.2, -0.15) is 0 Å². The molecule has 92 valence electrons. The van der Waals surface area contributed by atoms with Gasteiger partial charge < -0.3 is 15.3 Å². The summed E-state index contributed by atoms with van der Waals surface area (Å²) in [6.07, 6.45) is 0. The van der Waals surface area contributed by atoms with E-state index in [1.54, 1.807) is 6.07 Å². The van der Waals surface area contributed by atoms with E-state index in [1.165, 1.54) is 18.2 Å². The zero-order chi connectivity index (χ0) is 13.3. The number of nitrogens with zero attached hydrogens (tertiary/aromatic N) is 1. The van der Waals surface area contributed by atoms with Gasteiger partial charge in [0.2, 0.25) is 5.76 Å². The number of carbonyl (C=O) groups is 1. The number of phenols is 1. The minimum absolute atomic E-state index is 0.0354. The van der Waals surface area contributed by atoms with Gasteiger partial charge in [-0.15, -0.1) is 0 Å². The molecule has 1 aromatic carbocycles. The molecule has 1 aromatic heterocycles. The first-order valence-corrected chi connectivity index (χ1v) is 4.86. The molecule has 0 saturated carbocycles. The number of aromatic hydroxyl groups is 1. The molecule has 2 rings (SSSR count). The van der Waals surface area contributed by atoms with Crippen molar-refractivity contribution in [2.45, 2.75) is 0 Å². The number of carbonyl (C=O) groups excluding carboxylic acids is 1. The number of hydrogen-bond acceptors (Lipinski definition) is 5. The second-order valence-electron chi connectivity index (χ2n) is 3.50. The third-order valence-corrected chi connectivity index (χ3v) is 2.28. The maximum atomic E-state index is 11.2. The van der Waals surface area contributed by atoms with Crippen molar-refractivity contribution in [1.29, 1.82) is 0 Å². The van der Waals surface area contributed by atoms with Crippen molar-refractivity contribution in [3.8, 4) is 16.9 Å². The van der Waals surface area contributed by atoms with Crippen LogP contribution < -0.4 is 5.73 Å². The van der Waals surface area contributed by atoms with Gasteiger partial charge in [-0.25, -0.2) is 0 Å². The Bertz CT molecular complexity index is 632. The summed E-state index contributed by atoms with van der Waals surface area (Å²) in [5, 5.41) is 19.9. The lowest BCUT2D eigenvalue weighted by Crippen LogP contribution is -2.10. The Morgan fingerprint density at radius 1 is 1.39 bits per heavy atom. The van der Waals surface area contributed by atoms with Crippen molar-refractivity contribution in [2.75, 3.05) is 0 Å². The van der Waals surface area contributed by atoms with E-state index in [0.29, 0.717) is 5.56 Å². The SMILES string of the molecule is NC(=O)c1oc([N+](=O)[O-])cc1-c1cccc(O)c1. The lowest BCUT2D eigenvalue weighted by molar-refractivity contribution is -0.402. The van der Waals surface area contributed by atoms with Gasteiger partial charge in [0.1, 0.15) is 10.7 Å². The highest BCUT2D eigenvalue weighted by atomic mass is 16.6. The van der Waals surface area contributed by atoms with Gasteiger partial charge in [0.25, 0.3) is 5.91 Å². The Labute approximate surface area is 101 Å². The van der Waals surface area contributed by atoms with E-state index < -0.39 is 16.7 Å². The summed E-state index contributed by atoms with van der Waals surface area (Å²) in [4.78, 5) is 21.0. The van der Waals surface area contributed by atoms with E-state index in [1.807, 2.05) is 0 Å². The van der Waals surface area contributed by atoms with Crippen molar-refractivity contribution in [1.82, 2.24) is 0 Å². The average molecular weight is 248 g/mol. The molecule has 1 heterocycles. The second-order valence-corrected chi connectivity index (χ2v) is 3.50. The molecular weight excluding hydrogens is 240 g/mol. The fourth-order valence-electron chi connectivity index (χ4n) is 1.54. The van der Waals surface area contributed by atoms with E-state index in [4.69, 9.17) is 10.2 Å². The third-order valence-electron chi connectivity index (χ3n) is 2.28. The molecule has 1 amide bonds. The number of nitrogens with two attached hydrogens (primary N) is 1. The fourth-order valence-corrected chi connectivity index (χ4v) is 1.54. The minimum Gasteiger partial charge on any atom is -0.508 e. The van der Waals surface area contributed by atoms with Crippen molar-refractivity contribution >= 4 is 11.8 Å². The number of hydrogen-bond donors (Lipinski definition) is 2. The van der Waals surface area contributed by atoms with Gasteiger partial charge >= 0.3 is 5.88 Å². The quantitative estimate of drug-likeness (QED) is 0.632. The predicted molar refractivity (Wildman–Crippen MR) is 61.0 cm³/mol. The van der Waals surface area contributed by atoms with Crippen LogP contribution in [-0.2, 0) is 0 Å². The molecule has 0 unspecified atom stereocenters. The van der Waals surface area contributed by atoms with Crippen LogP contribution in [0.25, 0.3) is 11.1 Å². The zero-order valence-electron chi connectivity index (χ0n) is 8.99. The topological polar surface area (TPSA) is 120 Å². The number of phenolic OH excluding ortho intramolecular Hbond substituents is 1. The number of primary amides is 1. The Morgan fingerprint density at radius 2 is 2.11 bits per heavy atom. The van der Waals surface area contributed by atoms with Crippen LogP contribution in [0.2, 0.25) is 0 Å². The largest absolute Gasteiger partial charge is 0.508 e. The van der Waals surface area contributed by atoms with Gasteiger partial charge in [-0.3, -0.25) is 14.9 Å². The number of rotatable bonds is 3. The van der Waals surface area contributed by atoms with Gasteiger partial charge in [-0.05, 0) is 17.7 Å². The Morgan fingerprint density at radius 3 is 2.67 bits per heavy atom. The van der Waals surface area contributed by atoms with Crippen molar-refractivity contribution in [3.05, 3.63) is 46.2 Å². The molecule has 0 aliphatic heterocycles. The fraction of sp³-hybridized carbons (Fsp3) is 0. The first-order valence-electron chi connectivity index (χ1n) is 4.86. The molecule has 3 N–H and O–H groups in total. The molecule has 0 fully saturated rings. The highest BCUT2D eigenvalue weighted by Crippen LogP contribution is 2.32. The summed E-state index contributed by atoms with van der Waals surface area (Å²) in [6.45, 7) is 0. The Kier molecular flexibility index (Phi) is 2.72. The maximum Gasteiger partial charge on any atom is 0.434 e. The Balaban J connectivity index is 2.62. The molecule has 7 heteroatoms. The molecule has 0 atom stereocenters. The van der Waals surface area contributed by atoms with E-state index in [2.05, 4.69) is 0 Å². The normalized spacial score (nSPS) is 10.2. The summed E-state index contributed by atoms with van der Waals surface area (Å²) in [6, 6.07) is 6.98. The standard InChI is InChI=1S/C11H8N2O5/c12-11(15)10-8(5-9(18-10)13(16)17)6-2-1-3-7(14)4-6/h1-5,14H,(H2,12,15). The maximum absolute atomic E-state index is 11.2. The molecular formula is C11H8N2O5. The molecule has 0 spiro atoms. The summed E-state index contributed by atoms with van der Waals surface area (Å²) >= 11 is 0. The van der Waals surface area contributed by atoms with E-state index in [-0.39, 0.29) is 17.1 Å². The number of furan rings is 1. The van der Waals surface area contributed by atoms with Crippen molar-refractivity contribution in [2.24, 2.45) is 5.73 Å². The first-order chi connectivity index (χ1) is 8.49. The molecule has 0 saturated heterocycles. The van der Waals surface area contributed by atoms with Crippen LogP contribution >= 0.6 is 0 Å². The van der Waals surface area contributed by atoms with Gasteiger partial charge in [0, 0.05) is 5.56 Å². The summed E-state index contributed by atoms with van der Waals surface area (Å²) in [5.41, 5.74) is 5.66. The van der Waals surface area contributed by atoms with Crippen LogP contribution in [0, 0.1) is 10.1 Å². The lowest BCUT2D eigenvalue weighted by atomic mass is 10.1. The van der Waals surface area contributed by atoms with Crippen LogP contribution in [0.5, 0.6) is 5.75 Å². The van der Waals surface area contributed by atoms with Crippen LogP contribution in [0.15, 0.2) is 34.7 Å². The molecule has 0 aliphatic rings. The Hall–Kier alpha value is -2.83. The molecule has 7 nitrogen and oxygen atoms in total. The van der Waals surface area contributed by atoms with Crippen LogP contribution in [0.4, 0.5) is 5.88 Å². The monoisotopic (exact) mass is 248 g/mol. The van der Waals surface area contributed by atoms with Gasteiger partial charge in [0.05, 0.1) is 6.07 Å². The second kappa shape index (κ2) is 4.21. The summed E-state index contributed by atoms with van der Waals surface area (Å²) < 4.78 is 4.78. The first kappa shape index (κ1) is 11.6. The minimum atomic E-state index is -0.915. The van der Waals surface area contributed by atoms with Crippen molar-refractivity contribution < 1.29 is 19.2 Å². The van der Waals surface area contributed by atoms with Crippen LogP contribution in [-0.4, -0.2) is 15.9 Å². The smallest absolute Gasteiger partial charge is 0.434 e. The van der Waals surface area contributed by atoms with E-state index in [0.717, 1.165) is 6.07 Å². The zero-order valence-corrected chi connectivity index (χ0v) is 8.99. The van der Waals surface area contributed by atoms with E-state index in [9.17, 15) is 20.0 Å². The van der Waals surface area contributed by atoms with Gasteiger partial charge in [0.15, 0.2) is 0 Å². The summed E-state index contributed by atoms with van der Waals surface area (Å²) in [7, 11) is 0. The molecule has 0 aliphatic carbocycles. The highest BCUT2D eigenvalue weighted by molar-refractivity contribution is 5.97. The number of benzene rings is 1. The van der Waals surface area contributed by atoms with Crippen LogP contribution in [0.1, 0.15) is 10.6 Å². The number of nitro groups is 1. The molecule has 2 aromatic rings. The lowest BCUT2D eigenvalue weighted by Gasteiger charge is -1.99. The van der Waals surface area contributed by atoms with Crippen LogP contribution in [0.3, 0.4) is 0 Å². The molecule has 0 radical (unpaired) electrons.